The van der Waals surface area contributed by atoms with E-state index < -0.39 is 0 Å². The predicted octanol–water partition coefficient (Wildman–Crippen LogP) is 1.73. The second-order valence-electron chi connectivity index (χ2n) is 4.76. The topological polar surface area (TPSA) is 80.9 Å². The van der Waals surface area contributed by atoms with Crippen LogP contribution in [-0.4, -0.2) is 20.8 Å². The van der Waals surface area contributed by atoms with Crippen molar-refractivity contribution < 1.29 is 4.79 Å². The number of rotatable bonds is 5. The van der Waals surface area contributed by atoms with E-state index >= 15 is 0 Å². The van der Waals surface area contributed by atoms with Gasteiger partial charge in [0.1, 0.15) is 5.82 Å². The summed E-state index contributed by atoms with van der Waals surface area (Å²) in [6.45, 7) is 7.91. The lowest BCUT2D eigenvalue weighted by Crippen LogP contribution is -2.35. The molecule has 1 aromatic rings. The number of nitrogens with one attached hydrogen (secondary N) is 1. The second kappa shape index (κ2) is 4.78. The van der Waals surface area contributed by atoms with Crippen molar-refractivity contribution in [1.29, 1.82) is 0 Å². The summed E-state index contributed by atoms with van der Waals surface area (Å²) in [7, 11) is 0. The van der Waals surface area contributed by atoms with Crippen molar-refractivity contribution in [2.24, 2.45) is 5.73 Å². The van der Waals surface area contributed by atoms with E-state index in [1.54, 1.807) is 0 Å². The Balaban J connectivity index is 2.68. The van der Waals surface area contributed by atoms with Crippen LogP contribution in [0.3, 0.4) is 0 Å². The van der Waals surface area contributed by atoms with Gasteiger partial charge < -0.3 is 11.1 Å². The third kappa shape index (κ3) is 3.77. The highest BCUT2D eigenvalue weighted by molar-refractivity contribution is 7.09. The molecule has 6 heteroatoms. The normalized spacial score (nSPS) is 11.8. The first-order valence-corrected chi connectivity index (χ1v) is 5.97. The van der Waals surface area contributed by atoms with Crippen molar-refractivity contribution in [2.45, 2.75) is 45.6 Å². The SMILES string of the molecule is CC(C)c1nsc(NC(C)(C)CC(N)=O)n1. The maximum Gasteiger partial charge on any atom is 0.219 e. The van der Waals surface area contributed by atoms with Crippen LogP contribution in [0.4, 0.5) is 5.13 Å². The van der Waals surface area contributed by atoms with E-state index in [0.717, 1.165) is 11.0 Å². The lowest BCUT2D eigenvalue weighted by Gasteiger charge is -2.23. The minimum atomic E-state index is -0.389. The van der Waals surface area contributed by atoms with Gasteiger partial charge in [0.25, 0.3) is 0 Å². The number of carbonyl (C=O) groups is 1. The van der Waals surface area contributed by atoms with Crippen molar-refractivity contribution in [3.63, 3.8) is 0 Å². The van der Waals surface area contributed by atoms with Crippen LogP contribution < -0.4 is 11.1 Å². The molecule has 1 aromatic heterocycles. The van der Waals surface area contributed by atoms with Crippen LogP contribution in [0.1, 0.15) is 45.9 Å². The molecule has 0 fully saturated rings. The van der Waals surface area contributed by atoms with Gasteiger partial charge >= 0.3 is 0 Å². The van der Waals surface area contributed by atoms with Crippen LogP contribution in [0.5, 0.6) is 0 Å². The van der Waals surface area contributed by atoms with Gasteiger partial charge in [-0.15, -0.1) is 0 Å². The quantitative estimate of drug-likeness (QED) is 0.824. The fourth-order valence-corrected chi connectivity index (χ4v) is 2.18. The zero-order valence-electron chi connectivity index (χ0n) is 10.1. The molecule has 1 rings (SSSR count). The van der Waals surface area contributed by atoms with Gasteiger partial charge in [0.2, 0.25) is 11.0 Å². The summed E-state index contributed by atoms with van der Waals surface area (Å²) >= 11 is 1.31. The average Bonchev–Trinajstić information content (AvgIpc) is 2.48. The molecule has 0 unspecified atom stereocenters. The molecule has 0 saturated carbocycles. The number of carbonyl (C=O) groups excluding carboxylic acids is 1. The highest BCUT2D eigenvalue weighted by Gasteiger charge is 2.22. The molecule has 0 aliphatic heterocycles. The Morgan fingerprint density at radius 1 is 1.56 bits per heavy atom. The van der Waals surface area contributed by atoms with E-state index in [4.69, 9.17) is 5.73 Å². The molecular formula is C10H18N4OS. The van der Waals surface area contributed by atoms with Gasteiger partial charge in [-0.1, -0.05) is 13.8 Å². The summed E-state index contributed by atoms with van der Waals surface area (Å²) in [5.41, 5.74) is 4.78. The number of nitrogens with two attached hydrogens (primary N) is 1. The van der Waals surface area contributed by atoms with Gasteiger partial charge in [0.05, 0.1) is 0 Å². The largest absolute Gasteiger partial charge is 0.370 e. The number of primary amides is 1. The number of hydrogen-bond acceptors (Lipinski definition) is 5. The molecule has 16 heavy (non-hydrogen) atoms. The second-order valence-corrected chi connectivity index (χ2v) is 5.52. The third-order valence-electron chi connectivity index (χ3n) is 2.02. The molecule has 0 aromatic carbocycles. The molecule has 0 saturated heterocycles. The first kappa shape index (κ1) is 12.9. The molecule has 0 aliphatic carbocycles. The molecule has 5 nitrogen and oxygen atoms in total. The first-order valence-electron chi connectivity index (χ1n) is 5.20. The average molecular weight is 242 g/mol. The fraction of sp³-hybridized carbons (Fsp3) is 0.700. The Labute approximate surface area is 99.6 Å². The molecule has 0 atom stereocenters. The van der Waals surface area contributed by atoms with Crippen molar-refractivity contribution in [3.8, 4) is 0 Å². The summed E-state index contributed by atoms with van der Waals surface area (Å²) in [5, 5.41) is 3.90. The summed E-state index contributed by atoms with van der Waals surface area (Å²) in [6, 6.07) is 0. The molecule has 0 bridgehead atoms. The van der Waals surface area contributed by atoms with Crippen LogP contribution in [0.2, 0.25) is 0 Å². The zero-order chi connectivity index (χ0) is 12.3. The highest BCUT2D eigenvalue weighted by Crippen LogP contribution is 2.22. The fourth-order valence-electron chi connectivity index (χ4n) is 1.29. The van der Waals surface area contributed by atoms with Crippen LogP contribution in [-0.2, 0) is 4.79 Å². The first-order chi connectivity index (χ1) is 7.30. The maximum absolute atomic E-state index is 10.9. The van der Waals surface area contributed by atoms with Crippen molar-refractivity contribution in [2.75, 3.05) is 5.32 Å². The van der Waals surface area contributed by atoms with Crippen LogP contribution in [0.25, 0.3) is 0 Å². The smallest absolute Gasteiger partial charge is 0.219 e. The lowest BCUT2D eigenvalue weighted by atomic mass is 10.0. The molecule has 1 amide bonds. The number of nitrogens with zero attached hydrogens (tertiary/aromatic N) is 2. The maximum atomic E-state index is 10.9. The van der Waals surface area contributed by atoms with Crippen molar-refractivity contribution >= 4 is 22.6 Å². The Morgan fingerprint density at radius 2 is 2.19 bits per heavy atom. The minimum absolute atomic E-state index is 0.267. The third-order valence-corrected chi connectivity index (χ3v) is 2.66. The molecule has 0 spiro atoms. The summed E-state index contributed by atoms with van der Waals surface area (Å²) in [4.78, 5) is 15.2. The summed E-state index contributed by atoms with van der Waals surface area (Å²) in [5.74, 6) is 0.805. The van der Waals surface area contributed by atoms with E-state index in [9.17, 15) is 4.79 Å². The number of amides is 1. The van der Waals surface area contributed by atoms with E-state index in [-0.39, 0.29) is 17.9 Å². The van der Waals surface area contributed by atoms with E-state index in [1.807, 2.05) is 27.7 Å². The van der Waals surface area contributed by atoms with Gasteiger partial charge in [-0.2, -0.15) is 4.37 Å². The lowest BCUT2D eigenvalue weighted by molar-refractivity contribution is -0.118. The summed E-state index contributed by atoms with van der Waals surface area (Å²) in [6.07, 6.45) is 0.267. The summed E-state index contributed by atoms with van der Waals surface area (Å²) < 4.78 is 4.23. The van der Waals surface area contributed by atoms with Gasteiger partial charge in [-0.05, 0) is 13.8 Å². The zero-order valence-corrected chi connectivity index (χ0v) is 10.9. The van der Waals surface area contributed by atoms with E-state index in [0.29, 0.717) is 5.92 Å². The Hall–Kier alpha value is -1.17. The van der Waals surface area contributed by atoms with E-state index in [2.05, 4.69) is 14.7 Å². The Kier molecular flexibility index (Phi) is 3.85. The highest BCUT2D eigenvalue weighted by atomic mass is 32.1. The van der Waals surface area contributed by atoms with Crippen molar-refractivity contribution in [3.05, 3.63) is 5.82 Å². The van der Waals surface area contributed by atoms with Gasteiger partial charge in [-0.25, -0.2) is 4.98 Å². The molecule has 90 valence electrons. The Bertz CT molecular complexity index is 373. The molecule has 3 N–H and O–H groups in total. The number of hydrogen-bond donors (Lipinski definition) is 2. The Morgan fingerprint density at radius 3 is 2.62 bits per heavy atom. The molecular weight excluding hydrogens is 224 g/mol. The van der Waals surface area contributed by atoms with E-state index in [1.165, 1.54) is 11.5 Å². The van der Waals surface area contributed by atoms with Crippen LogP contribution >= 0.6 is 11.5 Å². The standard InChI is InChI=1S/C10H18N4OS/c1-6(2)8-12-9(16-14-8)13-10(3,4)5-7(11)15/h6H,5H2,1-4H3,(H2,11,15)(H,12,13,14). The van der Waals surface area contributed by atoms with Crippen LogP contribution in [0.15, 0.2) is 0 Å². The van der Waals surface area contributed by atoms with Gasteiger partial charge in [0, 0.05) is 29.4 Å². The minimum Gasteiger partial charge on any atom is -0.370 e. The van der Waals surface area contributed by atoms with Crippen molar-refractivity contribution in [1.82, 2.24) is 9.36 Å². The molecule has 1 heterocycles. The monoisotopic (exact) mass is 242 g/mol. The van der Waals surface area contributed by atoms with Crippen LogP contribution in [0, 0.1) is 0 Å². The number of anilines is 1. The number of aromatic nitrogens is 2. The van der Waals surface area contributed by atoms with Gasteiger partial charge in [0.15, 0.2) is 0 Å². The van der Waals surface area contributed by atoms with Gasteiger partial charge in [-0.3, -0.25) is 4.79 Å². The molecule has 0 radical (unpaired) electrons. The molecule has 0 aliphatic rings. The predicted molar refractivity (Wildman–Crippen MR) is 65.5 cm³/mol.